The normalized spacial score (nSPS) is 32.1. The minimum atomic E-state index is -1.23. The molecule has 166 valence electrons. The summed E-state index contributed by atoms with van der Waals surface area (Å²) in [5, 5.41) is 20.1. The standard InChI is InChI=1S/C22H25ClN2O6/c1-3-10-24(14-6-4-13(23)5-7-14)20(28)18-22-9-8-15(31-22)16(21(29)30)17(22)19(27)25(18)12(2)11-26/h3-7,12,15-18,26H,1,8-11H2,2H3,(H,29,30)/t12-,15-,16+,17+,18-,22+/m1/s1. The summed E-state index contributed by atoms with van der Waals surface area (Å²) < 4.78 is 6.15. The minimum absolute atomic E-state index is 0.180. The van der Waals surface area contributed by atoms with E-state index in [4.69, 9.17) is 16.3 Å². The van der Waals surface area contributed by atoms with E-state index >= 15 is 0 Å². The Bertz CT molecular complexity index is 921. The number of anilines is 1. The summed E-state index contributed by atoms with van der Waals surface area (Å²) in [5.41, 5.74) is -0.655. The fraction of sp³-hybridized carbons (Fsp3) is 0.500. The lowest BCUT2D eigenvalue weighted by Gasteiger charge is -2.38. The Labute approximate surface area is 185 Å². The molecule has 3 aliphatic rings. The summed E-state index contributed by atoms with van der Waals surface area (Å²) in [6.07, 6.45) is 1.85. The molecule has 3 saturated heterocycles. The fourth-order valence-electron chi connectivity index (χ4n) is 5.43. The summed E-state index contributed by atoms with van der Waals surface area (Å²) in [6.45, 7) is 5.19. The molecule has 2 bridgehead atoms. The van der Waals surface area contributed by atoms with Gasteiger partial charge in [0.25, 0.3) is 5.91 Å². The number of likely N-dealkylation sites (tertiary alicyclic amines) is 1. The molecule has 6 atom stereocenters. The molecule has 1 spiro atoms. The molecule has 8 nitrogen and oxygen atoms in total. The average Bonchev–Trinajstić information content (AvgIpc) is 3.39. The van der Waals surface area contributed by atoms with Crippen molar-refractivity contribution >= 4 is 35.1 Å². The number of carboxylic acids is 1. The van der Waals surface area contributed by atoms with Crippen LogP contribution in [0, 0.1) is 11.8 Å². The summed E-state index contributed by atoms with van der Waals surface area (Å²) >= 11 is 5.99. The molecule has 0 saturated carbocycles. The largest absolute Gasteiger partial charge is 0.481 e. The monoisotopic (exact) mass is 448 g/mol. The predicted octanol–water partition coefficient (Wildman–Crippen LogP) is 1.70. The van der Waals surface area contributed by atoms with Crippen molar-refractivity contribution in [2.24, 2.45) is 11.8 Å². The lowest BCUT2D eigenvalue weighted by atomic mass is 9.70. The smallest absolute Gasteiger partial charge is 0.310 e. The van der Waals surface area contributed by atoms with E-state index < -0.39 is 53.4 Å². The number of aliphatic carboxylic acids is 1. The summed E-state index contributed by atoms with van der Waals surface area (Å²) in [7, 11) is 0. The first-order valence-electron chi connectivity index (χ1n) is 10.3. The first-order chi connectivity index (χ1) is 14.8. The van der Waals surface area contributed by atoms with E-state index in [2.05, 4.69) is 6.58 Å². The van der Waals surface area contributed by atoms with Crippen LogP contribution in [-0.2, 0) is 19.1 Å². The third kappa shape index (κ3) is 3.16. The molecule has 2 N–H and O–H groups in total. The number of carbonyl (C=O) groups is 3. The van der Waals surface area contributed by atoms with Gasteiger partial charge in [0.2, 0.25) is 5.91 Å². The number of fused-ring (bicyclic) bond motifs is 1. The lowest BCUT2D eigenvalue weighted by molar-refractivity contribution is -0.150. The Balaban J connectivity index is 1.80. The number of rotatable bonds is 7. The van der Waals surface area contributed by atoms with Crippen molar-refractivity contribution in [1.29, 1.82) is 0 Å². The number of hydrogen-bond donors (Lipinski definition) is 2. The molecule has 3 fully saturated rings. The first-order valence-corrected chi connectivity index (χ1v) is 10.7. The van der Waals surface area contributed by atoms with Crippen molar-refractivity contribution in [2.75, 3.05) is 18.1 Å². The van der Waals surface area contributed by atoms with Gasteiger partial charge >= 0.3 is 5.97 Å². The number of amides is 2. The van der Waals surface area contributed by atoms with E-state index in [-0.39, 0.29) is 13.2 Å². The zero-order valence-corrected chi connectivity index (χ0v) is 17.9. The number of benzene rings is 1. The summed E-state index contributed by atoms with van der Waals surface area (Å²) in [5.74, 6) is -3.91. The minimum Gasteiger partial charge on any atom is -0.481 e. The molecule has 0 aromatic heterocycles. The van der Waals surface area contributed by atoms with E-state index in [1.807, 2.05) is 0 Å². The predicted molar refractivity (Wildman–Crippen MR) is 113 cm³/mol. The highest BCUT2D eigenvalue weighted by atomic mass is 35.5. The van der Waals surface area contributed by atoms with Gasteiger partial charge in [-0.1, -0.05) is 17.7 Å². The summed E-state index contributed by atoms with van der Waals surface area (Å²) in [6, 6.07) is 5.00. The second-order valence-corrected chi connectivity index (χ2v) is 8.82. The van der Waals surface area contributed by atoms with E-state index in [9.17, 15) is 24.6 Å². The molecular formula is C22H25ClN2O6. The summed E-state index contributed by atoms with van der Waals surface area (Å²) in [4.78, 5) is 42.2. The van der Waals surface area contributed by atoms with Gasteiger partial charge in [-0.2, -0.15) is 0 Å². The number of nitrogens with zero attached hydrogens (tertiary/aromatic N) is 2. The topological polar surface area (TPSA) is 107 Å². The van der Waals surface area contributed by atoms with Gasteiger partial charge in [0.1, 0.15) is 11.6 Å². The van der Waals surface area contributed by atoms with E-state index in [0.29, 0.717) is 23.6 Å². The second-order valence-electron chi connectivity index (χ2n) is 8.39. The molecular weight excluding hydrogens is 424 g/mol. The van der Waals surface area contributed by atoms with Crippen LogP contribution in [0.5, 0.6) is 0 Å². The number of halogens is 1. The molecule has 3 heterocycles. The van der Waals surface area contributed by atoms with Crippen LogP contribution in [0.15, 0.2) is 36.9 Å². The van der Waals surface area contributed by atoms with Crippen molar-refractivity contribution in [3.8, 4) is 0 Å². The number of aliphatic hydroxyl groups is 1. The van der Waals surface area contributed by atoms with Crippen molar-refractivity contribution in [3.05, 3.63) is 41.9 Å². The van der Waals surface area contributed by atoms with Gasteiger partial charge in [-0.25, -0.2) is 0 Å². The Morgan fingerprint density at radius 2 is 2.10 bits per heavy atom. The molecule has 0 unspecified atom stereocenters. The molecule has 2 amide bonds. The zero-order chi connectivity index (χ0) is 22.5. The molecule has 0 radical (unpaired) electrons. The van der Waals surface area contributed by atoms with Crippen LogP contribution in [0.2, 0.25) is 5.02 Å². The van der Waals surface area contributed by atoms with Crippen LogP contribution < -0.4 is 4.90 Å². The van der Waals surface area contributed by atoms with Crippen molar-refractivity contribution in [3.63, 3.8) is 0 Å². The van der Waals surface area contributed by atoms with Gasteiger partial charge in [0.15, 0.2) is 0 Å². The average molecular weight is 449 g/mol. The Hall–Kier alpha value is -2.42. The highest BCUT2D eigenvalue weighted by Crippen LogP contribution is 2.59. The molecule has 3 aliphatic heterocycles. The molecule has 1 aromatic rings. The molecule has 1 aromatic carbocycles. The number of ether oxygens (including phenoxy) is 1. The highest BCUT2D eigenvalue weighted by Gasteiger charge is 2.75. The van der Waals surface area contributed by atoms with Gasteiger partial charge in [-0.3, -0.25) is 14.4 Å². The van der Waals surface area contributed by atoms with Gasteiger partial charge in [-0.15, -0.1) is 6.58 Å². The van der Waals surface area contributed by atoms with Crippen LogP contribution in [0.4, 0.5) is 5.69 Å². The molecule has 31 heavy (non-hydrogen) atoms. The third-order valence-corrected chi connectivity index (χ3v) is 6.96. The van der Waals surface area contributed by atoms with Crippen molar-refractivity contribution in [2.45, 2.75) is 43.6 Å². The number of carbonyl (C=O) groups excluding carboxylic acids is 2. The Kier molecular flexibility index (Phi) is 5.57. The van der Waals surface area contributed by atoms with Crippen LogP contribution in [0.25, 0.3) is 0 Å². The van der Waals surface area contributed by atoms with Gasteiger partial charge in [-0.05, 0) is 44.0 Å². The number of aliphatic hydroxyl groups excluding tert-OH is 1. The van der Waals surface area contributed by atoms with E-state index in [1.54, 1.807) is 37.3 Å². The third-order valence-electron chi connectivity index (χ3n) is 6.71. The Morgan fingerprint density at radius 3 is 2.68 bits per heavy atom. The van der Waals surface area contributed by atoms with Crippen LogP contribution >= 0.6 is 11.6 Å². The number of carboxylic acid groups (broad SMARTS) is 1. The van der Waals surface area contributed by atoms with E-state index in [0.717, 1.165) is 0 Å². The zero-order valence-electron chi connectivity index (χ0n) is 17.1. The van der Waals surface area contributed by atoms with Gasteiger partial charge in [0.05, 0.1) is 30.6 Å². The maximum absolute atomic E-state index is 13.9. The lowest BCUT2D eigenvalue weighted by Crippen LogP contribution is -2.58. The maximum Gasteiger partial charge on any atom is 0.310 e. The first kappa shape index (κ1) is 21.8. The SMILES string of the molecule is C=CCN(C(=O)[C@H]1N([C@H](C)CO)C(=O)[C@@H]2[C@@H](C(=O)O)[C@H]3CC[C@]21O3)c1ccc(Cl)cc1. The fourth-order valence-corrected chi connectivity index (χ4v) is 5.56. The van der Waals surface area contributed by atoms with Crippen LogP contribution in [0.1, 0.15) is 19.8 Å². The van der Waals surface area contributed by atoms with Crippen molar-refractivity contribution in [1.82, 2.24) is 4.90 Å². The number of hydrogen-bond acceptors (Lipinski definition) is 5. The highest BCUT2D eigenvalue weighted by molar-refractivity contribution is 6.30. The van der Waals surface area contributed by atoms with Gasteiger partial charge < -0.3 is 24.7 Å². The molecule has 4 rings (SSSR count). The van der Waals surface area contributed by atoms with E-state index in [1.165, 1.54) is 9.80 Å². The Morgan fingerprint density at radius 1 is 1.42 bits per heavy atom. The maximum atomic E-state index is 13.9. The van der Waals surface area contributed by atoms with Crippen molar-refractivity contribution < 1.29 is 29.3 Å². The molecule has 0 aliphatic carbocycles. The van der Waals surface area contributed by atoms with Crippen LogP contribution in [-0.4, -0.2) is 69.8 Å². The van der Waals surface area contributed by atoms with Gasteiger partial charge in [0, 0.05) is 17.3 Å². The van der Waals surface area contributed by atoms with Crippen LogP contribution in [0.3, 0.4) is 0 Å². The molecule has 9 heteroatoms. The second kappa shape index (κ2) is 7.93. The quantitative estimate of drug-likeness (QED) is 0.615.